The van der Waals surface area contributed by atoms with E-state index in [-0.39, 0.29) is 30.2 Å². The molecule has 0 aliphatic rings. The first-order valence-corrected chi connectivity index (χ1v) is 11.9. The number of amides is 1. The number of aryl methyl sites for hydroxylation is 1. The number of carbonyl (C=O) groups excluding carboxylic acids is 2. The van der Waals surface area contributed by atoms with Crippen molar-refractivity contribution in [2.24, 2.45) is 0 Å². The van der Waals surface area contributed by atoms with E-state index >= 15 is 0 Å². The van der Waals surface area contributed by atoms with Gasteiger partial charge in [-0.2, -0.15) is 0 Å². The third-order valence-corrected chi connectivity index (χ3v) is 5.59. The van der Waals surface area contributed by atoms with Gasteiger partial charge in [0.1, 0.15) is 24.6 Å². The number of aromatic nitrogens is 3. The smallest absolute Gasteiger partial charge is 0.337 e. The Balaban J connectivity index is 1.29. The average molecular weight is 511 g/mol. The van der Waals surface area contributed by atoms with Gasteiger partial charge in [0.25, 0.3) is 0 Å². The van der Waals surface area contributed by atoms with Gasteiger partial charge in [0.15, 0.2) is 5.78 Å². The molecule has 4 aromatic rings. The number of carboxylic acids is 1. The van der Waals surface area contributed by atoms with Gasteiger partial charge < -0.3 is 15.2 Å². The van der Waals surface area contributed by atoms with Gasteiger partial charge in [0.2, 0.25) is 5.91 Å². The summed E-state index contributed by atoms with van der Waals surface area (Å²) in [4.78, 5) is 35.9. The van der Waals surface area contributed by atoms with Crippen molar-refractivity contribution >= 4 is 29.4 Å². The minimum Gasteiger partial charge on any atom is -0.487 e. The molecule has 192 valence electrons. The molecule has 9 nitrogen and oxygen atoms in total. The maximum atomic E-state index is 12.3. The fraction of sp³-hybridized carbons (Fsp3) is 0.138. The Bertz CT molecular complexity index is 1480. The second kappa shape index (κ2) is 12.3. The number of ketones is 1. The number of carbonyl (C=O) groups is 3. The van der Waals surface area contributed by atoms with Gasteiger partial charge in [-0.25, -0.2) is 9.48 Å². The van der Waals surface area contributed by atoms with Crippen LogP contribution >= 0.6 is 0 Å². The van der Waals surface area contributed by atoms with Gasteiger partial charge in [0.05, 0.1) is 17.4 Å². The van der Waals surface area contributed by atoms with Gasteiger partial charge in [-0.15, -0.1) is 5.10 Å². The van der Waals surface area contributed by atoms with E-state index in [0.29, 0.717) is 17.9 Å². The molecule has 0 aliphatic heterocycles. The van der Waals surface area contributed by atoms with Crippen LogP contribution in [0.25, 0.3) is 6.08 Å². The normalized spacial score (nSPS) is 10.9. The molecule has 0 spiro atoms. The first-order chi connectivity index (χ1) is 18.4. The minimum atomic E-state index is -1.12. The standard InChI is InChI=1S/C29H26N4O5/c1-20-15-22(12-14-28(35)30-26-10-6-5-9-25(26)29(36)37)11-13-27(20)38-19-23-17-33(32-31-23)18-24(34)16-21-7-3-2-4-8-21/h2-15,17H,16,18-19H2,1H3,(H,30,35)(H,36,37)/b14-12+. The second-order valence-electron chi connectivity index (χ2n) is 8.60. The number of nitrogens with zero attached hydrogens (tertiary/aromatic N) is 3. The Kier molecular flexibility index (Phi) is 8.40. The van der Waals surface area contributed by atoms with Crippen LogP contribution in [-0.2, 0) is 29.2 Å². The number of carboxylic acid groups (broad SMARTS) is 1. The lowest BCUT2D eigenvalue weighted by molar-refractivity contribution is -0.119. The molecule has 38 heavy (non-hydrogen) atoms. The molecular weight excluding hydrogens is 484 g/mol. The summed E-state index contributed by atoms with van der Waals surface area (Å²) in [5.41, 5.74) is 3.43. The summed E-state index contributed by atoms with van der Waals surface area (Å²) < 4.78 is 7.38. The topological polar surface area (TPSA) is 123 Å². The number of Topliss-reactive ketones (excluding diaryl/α,β-unsaturated/α-hetero) is 1. The molecule has 0 aliphatic carbocycles. The van der Waals surface area contributed by atoms with Crippen LogP contribution in [0, 0.1) is 6.92 Å². The largest absolute Gasteiger partial charge is 0.487 e. The zero-order chi connectivity index (χ0) is 26.9. The van der Waals surface area contributed by atoms with Crippen molar-refractivity contribution in [2.75, 3.05) is 5.32 Å². The molecular formula is C29H26N4O5. The first kappa shape index (κ1) is 26.0. The molecule has 0 bridgehead atoms. The van der Waals surface area contributed by atoms with Gasteiger partial charge in [-0.05, 0) is 54.0 Å². The predicted octanol–water partition coefficient (Wildman–Crippen LogP) is 4.33. The van der Waals surface area contributed by atoms with Crippen LogP contribution < -0.4 is 10.1 Å². The number of para-hydroxylation sites is 1. The van der Waals surface area contributed by atoms with Crippen LogP contribution in [-0.4, -0.2) is 37.8 Å². The Morgan fingerprint density at radius 3 is 2.55 bits per heavy atom. The van der Waals surface area contributed by atoms with Crippen LogP contribution in [0.4, 0.5) is 5.69 Å². The zero-order valence-corrected chi connectivity index (χ0v) is 20.7. The van der Waals surface area contributed by atoms with Crippen molar-refractivity contribution < 1.29 is 24.2 Å². The summed E-state index contributed by atoms with van der Waals surface area (Å²) >= 11 is 0. The molecule has 3 aromatic carbocycles. The van der Waals surface area contributed by atoms with Crippen molar-refractivity contribution in [3.63, 3.8) is 0 Å². The summed E-state index contributed by atoms with van der Waals surface area (Å²) in [5, 5.41) is 19.9. The van der Waals surface area contributed by atoms with Crippen molar-refractivity contribution in [1.82, 2.24) is 15.0 Å². The molecule has 1 aromatic heterocycles. The highest BCUT2D eigenvalue weighted by molar-refractivity contribution is 6.06. The summed E-state index contributed by atoms with van der Waals surface area (Å²) in [6.45, 7) is 2.21. The number of ether oxygens (including phenoxy) is 1. The Labute approximate surface area is 219 Å². The monoisotopic (exact) mass is 510 g/mol. The fourth-order valence-corrected chi connectivity index (χ4v) is 3.76. The van der Waals surface area contributed by atoms with Crippen molar-refractivity contribution in [3.05, 3.63) is 113 Å². The average Bonchev–Trinajstić information content (AvgIpc) is 3.34. The molecule has 4 rings (SSSR count). The number of nitrogens with one attached hydrogen (secondary N) is 1. The second-order valence-corrected chi connectivity index (χ2v) is 8.60. The van der Waals surface area contributed by atoms with Crippen LogP contribution in [0.3, 0.4) is 0 Å². The third kappa shape index (κ3) is 7.23. The Morgan fingerprint density at radius 2 is 1.79 bits per heavy atom. The molecule has 1 amide bonds. The predicted molar refractivity (Wildman–Crippen MR) is 142 cm³/mol. The maximum absolute atomic E-state index is 12.3. The van der Waals surface area contributed by atoms with E-state index in [4.69, 9.17) is 4.74 Å². The van der Waals surface area contributed by atoms with Gasteiger partial charge in [-0.3, -0.25) is 9.59 Å². The molecule has 0 unspecified atom stereocenters. The maximum Gasteiger partial charge on any atom is 0.337 e. The summed E-state index contributed by atoms with van der Waals surface area (Å²) in [6, 6.07) is 21.2. The fourth-order valence-electron chi connectivity index (χ4n) is 3.76. The number of hydrogen-bond acceptors (Lipinski definition) is 6. The molecule has 0 fully saturated rings. The number of benzene rings is 3. The van der Waals surface area contributed by atoms with Gasteiger partial charge in [0, 0.05) is 12.5 Å². The first-order valence-electron chi connectivity index (χ1n) is 11.9. The molecule has 0 saturated carbocycles. The SMILES string of the molecule is Cc1cc(/C=C/C(=O)Nc2ccccc2C(=O)O)ccc1OCc1cn(CC(=O)Cc2ccccc2)nn1. The summed E-state index contributed by atoms with van der Waals surface area (Å²) in [5.74, 6) is -0.873. The Morgan fingerprint density at radius 1 is 1.03 bits per heavy atom. The lowest BCUT2D eigenvalue weighted by Gasteiger charge is -2.08. The number of anilines is 1. The minimum absolute atomic E-state index is 0.0189. The number of hydrogen-bond donors (Lipinski definition) is 2. The van der Waals surface area contributed by atoms with Crippen LogP contribution in [0.2, 0.25) is 0 Å². The van der Waals surface area contributed by atoms with E-state index in [1.165, 1.54) is 22.9 Å². The van der Waals surface area contributed by atoms with E-state index in [9.17, 15) is 19.5 Å². The summed E-state index contributed by atoms with van der Waals surface area (Å²) in [7, 11) is 0. The molecule has 9 heteroatoms. The van der Waals surface area contributed by atoms with Crippen molar-refractivity contribution in [1.29, 1.82) is 0 Å². The van der Waals surface area contributed by atoms with E-state index in [2.05, 4.69) is 15.6 Å². The van der Waals surface area contributed by atoms with Crippen LogP contribution in [0.5, 0.6) is 5.75 Å². The quantitative estimate of drug-likeness (QED) is 0.288. The molecule has 1 heterocycles. The van der Waals surface area contributed by atoms with E-state index < -0.39 is 11.9 Å². The van der Waals surface area contributed by atoms with E-state index in [1.54, 1.807) is 36.5 Å². The van der Waals surface area contributed by atoms with E-state index in [0.717, 1.165) is 16.7 Å². The number of rotatable bonds is 11. The third-order valence-electron chi connectivity index (χ3n) is 5.59. The lowest BCUT2D eigenvalue weighted by Crippen LogP contribution is -2.13. The molecule has 0 radical (unpaired) electrons. The van der Waals surface area contributed by atoms with Gasteiger partial charge >= 0.3 is 5.97 Å². The van der Waals surface area contributed by atoms with Crippen molar-refractivity contribution in [3.8, 4) is 5.75 Å². The highest BCUT2D eigenvalue weighted by Crippen LogP contribution is 2.21. The van der Waals surface area contributed by atoms with Crippen LogP contribution in [0.15, 0.2) is 85.1 Å². The molecule has 0 atom stereocenters. The molecule has 2 N–H and O–H groups in total. The zero-order valence-electron chi connectivity index (χ0n) is 20.7. The highest BCUT2D eigenvalue weighted by Gasteiger charge is 2.11. The van der Waals surface area contributed by atoms with Crippen LogP contribution in [0.1, 0.15) is 32.7 Å². The highest BCUT2D eigenvalue weighted by atomic mass is 16.5. The van der Waals surface area contributed by atoms with Crippen molar-refractivity contribution in [2.45, 2.75) is 26.5 Å². The van der Waals surface area contributed by atoms with E-state index in [1.807, 2.05) is 43.3 Å². The lowest BCUT2D eigenvalue weighted by atomic mass is 10.1. The van der Waals surface area contributed by atoms with Gasteiger partial charge in [-0.1, -0.05) is 53.7 Å². The molecule has 0 saturated heterocycles. The summed E-state index contributed by atoms with van der Waals surface area (Å²) in [6.07, 6.45) is 5.00. The number of aromatic carboxylic acids is 1. The Hall–Kier alpha value is -5.05.